The molecule has 0 fully saturated rings. The fourth-order valence-electron chi connectivity index (χ4n) is 1.78. The molecule has 0 aliphatic heterocycles. The van der Waals surface area contributed by atoms with Crippen molar-refractivity contribution in [2.24, 2.45) is 0 Å². The predicted molar refractivity (Wildman–Crippen MR) is 67.9 cm³/mol. The summed E-state index contributed by atoms with van der Waals surface area (Å²) in [5, 5.41) is 1.77. The van der Waals surface area contributed by atoms with Gasteiger partial charge in [-0.05, 0) is 31.9 Å². The van der Waals surface area contributed by atoms with Crippen molar-refractivity contribution < 1.29 is 0 Å². The second-order valence-corrected chi connectivity index (χ2v) is 4.40. The molecule has 0 saturated carbocycles. The first kappa shape index (κ1) is 11.3. The summed E-state index contributed by atoms with van der Waals surface area (Å²) in [7, 11) is 0. The van der Waals surface area contributed by atoms with Crippen molar-refractivity contribution in [1.29, 1.82) is 0 Å². The van der Waals surface area contributed by atoms with E-state index in [-0.39, 0.29) is 0 Å². The fraction of sp³-hybridized carbons (Fsp3) is 0.385. The lowest BCUT2D eigenvalue weighted by Gasteiger charge is -2.06. The lowest BCUT2D eigenvalue weighted by molar-refractivity contribution is 0.779. The number of aromatic nitrogens is 2. The zero-order valence-electron chi connectivity index (χ0n) is 9.63. The maximum absolute atomic E-state index is 6.25. The van der Waals surface area contributed by atoms with Gasteiger partial charge >= 0.3 is 0 Å². The Morgan fingerprint density at radius 1 is 1.38 bits per heavy atom. The molecule has 2 heterocycles. The highest BCUT2D eigenvalue weighted by Crippen LogP contribution is 2.24. The number of hydrogen-bond acceptors (Lipinski definition) is 2. The molecule has 0 spiro atoms. The Balaban J connectivity index is 2.52. The van der Waals surface area contributed by atoms with Crippen LogP contribution in [-0.4, -0.2) is 9.97 Å². The molecular weight excluding hydrogens is 220 g/mol. The monoisotopic (exact) mass is 234 g/mol. The average Bonchev–Trinajstić information content (AvgIpc) is 2.28. The van der Waals surface area contributed by atoms with E-state index < -0.39 is 0 Å². The molecule has 0 atom stereocenters. The summed E-state index contributed by atoms with van der Waals surface area (Å²) in [4.78, 5) is 8.87. The molecule has 0 saturated heterocycles. The maximum atomic E-state index is 6.25. The van der Waals surface area contributed by atoms with Gasteiger partial charge in [-0.25, -0.2) is 0 Å². The van der Waals surface area contributed by atoms with Crippen LogP contribution in [0.15, 0.2) is 18.3 Å². The minimum absolute atomic E-state index is 0.779. The third kappa shape index (κ3) is 2.17. The van der Waals surface area contributed by atoms with E-state index in [1.54, 1.807) is 6.20 Å². The second-order valence-electron chi connectivity index (χ2n) is 3.99. The van der Waals surface area contributed by atoms with E-state index in [4.69, 9.17) is 11.6 Å². The fourth-order valence-corrected chi connectivity index (χ4v) is 2.06. The average molecular weight is 235 g/mol. The molecule has 0 bridgehead atoms. The molecule has 0 aliphatic carbocycles. The lowest BCUT2D eigenvalue weighted by Crippen LogP contribution is -1.94. The molecule has 2 aromatic rings. The van der Waals surface area contributed by atoms with Gasteiger partial charge in [-0.15, -0.1) is 0 Å². The van der Waals surface area contributed by atoms with E-state index in [1.807, 2.05) is 19.1 Å². The van der Waals surface area contributed by atoms with E-state index in [2.05, 4.69) is 16.9 Å². The van der Waals surface area contributed by atoms with Crippen molar-refractivity contribution in [2.75, 3.05) is 0 Å². The number of hydrogen-bond donors (Lipinski definition) is 0. The molecule has 0 aliphatic rings. The molecule has 0 N–H and O–H groups in total. The molecule has 2 aromatic heterocycles. The summed E-state index contributed by atoms with van der Waals surface area (Å²) < 4.78 is 0. The molecule has 0 unspecified atom stereocenters. The summed E-state index contributed by atoms with van der Waals surface area (Å²) in [5.41, 5.74) is 2.94. The smallest absolute Gasteiger partial charge is 0.0932 e. The Kier molecular flexibility index (Phi) is 3.39. The first-order chi connectivity index (χ1) is 7.72. The van der Waals surface area contributed by atoms with Gasteiger partial charge in [0.15, 0.2) is 0 Å². The summed E-state index contributed by atoms with van der Waals surface area (Å²) in [6.07, 6.45) is 5.08. The van der Waals surface area contributed by atoms with Crippen molar-refractivity contribution in [3.05, 3.63) is 34.7 Å². The van der Waals surface area contributed by atoms with Crippen LogP contribution in [0.5, 0.6) is 0 Å². The third-order valence-electron chi connectivity index (χ3n) is 2.70. The molecule has 0 aromatic carbocycles. The van der Waals surface area contributed by atoms with Crippen molar-refractivity contribution >= 4 is 22.5 Å². The number of aryl methyl sites for hydroxylation is 2. The van der Waals surface area contributed by atoms with Gasteiger partial charge in [0.1, 0.15) is 0 Å². The minimum atomic E-state index is 0.779. The van der Waals surface area contributed by atoms with Gasteiger partial charge in [-0.1, -0.05) is 24.9 Å². The quantitative estimate of drug-likeness (QED) is 0.804. The zero-order chi connectivity index (χ0) is 11.5. The molecule has 2 rings (SSSR count). The molecular formula is C13H15ClN2. The van der Waals surface area contributed by atoms with Gasteiger partial charge in [-0.3, -0.25) is 9.97 Å². The standard InChI is InChI=1S/C13H15ClN2/c1-3-4-5-10-8-12(14)11-6-7-15-9(2)13(11)16-10/h6-8H,3-5H2,1-2H3. The van der Waals surface area contributed by atoms with E-state index in [0.717, 1.165) is 40.2 Å². The summed E-state index contributed by atoms with van der Waals surface area (Å²) in [6, 6.07) is 3.89. The minimum Gasteiger partial charge on any atom is -0.259 e. The Hall–Kier alpha value is -1.15. The lowest BCUT2D eigenvalue weighted by atomic mass is 10.1. The Labute approximate surface area is 101 Å². The van der Waals surface area contributed by atoms with Crippen molar-refractivity contribution in [2.45, 2.75) is 33.1 Å². The first-order valence-electron chi connectivity index (χ1n) is 5.63. The highest BCUT2D eigenvalue weighted by atomic mass is 35.5. The highest BCUT2D eigenvalue weighted by molar-refractivity contribution is 6.35. The predicted octanol–water partition coefficient (Wildman–Crippen LogP) is 3.93. The molecule has 0 radical (unpaired) electrons. The van der Waals surface area contributed by atoms with Crippen molar-refractivity contribution in [3.63, 3.8) is 0 Å². The molecule has 0 amide bonds. The normalized spacial score (nSPS) is 10.9. The van der Waals surface area contributed by atoms with Crippen LogP contribution in [0, 0.1) is 6.92 Å². The molecule has 84 valence electrons. The van der Waals surface area contributed by atoms with E-state index in [1.165, 1.54) is 6.42 Å². The number of fused-ring (bicyclic) bond motifs is 1. The topological polar surface area (TPSA) is 25.8 Å². The number of unbranched alkanes of at least 4 members (excludes halogenated alkanes) is 1. The molecule has 16 heavy (non-hydrogen) atoms. The van der Waals surface area contributed by atoms with Gasteiger partial charge in [0, 0.05) is 17.3 Å². The highest BCUT2D eigenvalue weighted by Gasteiger charge is 2.06. The van der Waals surface area contributed by atoms with Gasteiger partial charge in [0.2, 0.25) is 0 Å². The van der Waals surface area contributed by atoms with Gasteiger partial charge in [-0.2, -0.15) is 0 Å². The van der Waals surface area contributed by atoms with Gasteiger partial charge < -0.3 is 0 Å². The number of nitrogens with zero attached hydrogens (tertiary/aromatic N) is 2. The van der Waals surface area contributed by atoms with Crippen LogP contribution >= 0.6 is 11.6 Å². The Morgan fingerprint density at radius 3 is 2.94 bits per heavy atom. The van der Waals surface area contributed by atoms with Crippen LogP contribution in [0.1, 0.15) is 31.2 Å². The maximum Gasteiger partial charge on any atom is 0.0932 e. The Bertz CT molecular complexity index is 509. The molecule has 3 heteroatoms. The van der Waals surface area contributed by atoms with Crippen LogP contribution in [0.3, 0.4) is 0 Å². The van der Waals surface area contributed by atoms with Crippen LogP contribution < -0.4 is 0 Å². The number of halogens is 1. The Morgan fingerprint density at radius 2 is 2.19 bits per heavy atom. The third-order valence-corrected chi connectivity index (χ3v) is 3.01. The molecule has 2 nitrogen and oxygen atoms in total. The van der Waals surface area contributed by atoms with Crippen LogP contribution in [-0.2, 0) is 6.42 Å². The second kappa shape index (κ2) is 4.79. The summed E-state index contributed by atoms with van der Waals surface area (Å²) in [5.74, 6) is 0. The van der Waals surface area contributed by atoms with E-state index in [9.17, 15) is 0 Å². The van der Waals surface area contributed by atoms with E-state index in [0.29, 0.717) is 0 Å². The van der Waals surface area contributed by atoms with Gasteiger partial charge in [0.25, 0.3) is 0 Å². The number of pyridine rings is 2. The SMILES string of the molecule is CCCCc1cc(Cl)c2ccnc(C)c2n1. The summed E-state index contributed by atoms with van der Waals surface area (Å²) >= 11 is 6.25. The summed E-state index contributed by atoms with van der Waals surface area (Å²) in [6.45, 7) is 4.14. The zero-order valence-corrected chi connectivity index (χ0v) is 10.4. The number of rotatable bonds is 3. The van der Waals surface area contributed by atoms with Gasteiger partial charge in [0.05, 0.1) is 16.2 Å². The van der Waals surface area contributed by atoms with Crippen LogP contribution in [0.25, 0.3) is 10.9 Å². The van der Waals surface area contributed by atoms with Crippen molar-refractivity contribution in [1.82, 2.24) is 9.97 Å². The van der Waals surface area contributed by atoms with Crippen molar-refractivity contribution in [3.8, 4) is 0 Å². The van der Waals surface area contributed by atoms with Crippen LogP contribution in [0.4, 0.5) is 0 Å². The van der Waals surface area contributed by atoms with Crippen LogP contribution in [0.2, 0.25) is 5.02 Å². The van der Waals surface area contributed by atoms with E-state index >= 15 is 0 Å². The largest absolute Gasteiger partial charge is 0.259 e. The first-order valence-corrected chi connectivity index (χ1v) is 6.01.